The zero-order valence-corrected chi connectivity index (χ0v) is 31.3. The van der Waals surface area contributed by atoms with Gasteiger partial charge in [-0.3, -0.25) is 19.2 Å². The Morgan fingerprint density at radius 3 is 2.47 bits per heavy atom. The first-order valence-electron chi connectivity index (χ1n) is 19.1. The number of phenolic OH excluding ortho intramolecular Hbond substituents is 1. The van der Waals surface area contributed by atoms with E-state index in [4.69, 9.17) is 23.8 Å². The summed E-state index contributed by atoms with van der Waals surface area (Å²) in [5.41, 5.74) is 2.67. The Labute approximate surface area is 320 Å². The van der Waals surface area contributed by atoms with Crippen molar-refractivity contribution in [2.24, 2.45) is 5.41 Å². The fourth-order valence-corrected chi connectivity index (χ4v) is 8.95. The minimum absolute atomic E-state index is 0.0159. The Balaban J connectivity index is 1.07. The first-order valence-corrected chi connectivity index (χ1v) is 19.1. The molecule has 12 heteroatoms. The zero-order chi connectivity index (χ0) is 38.5. The van der Waals surface area contributed by atoms with Gasteiger partial charge in [0.25, 0.3) is 0 Å². The van der Waals surface area contributed by atoms with Gasteiger partial charge in [0.2, 0.25) is 5.91 Å². The maximum Gasteiger partial charge on any atom is 0.327 e. The summed E-state index contributed by atoms with van der Waals surface area (Å²) in [6.07, 6.45) is 2.67. The summed E-state index contributed by atoms with van der Waals surface area (Å²) in [4.78, 5) is 48.2. The van der Waals surface area contributed by atoms with Crippen LogP contribution in [0.3, 0.4) is 0 Å². The lowest BCUT2D eigenvalue weighted by atomic mass is 9.62. The van der Waals surface area contributed by atoms with Gasteiger partial charge in [0.15, 0.2) is 11.8 Å². The van der Waals surface area contributed by atoms with E-state index in [1.165, 1.54) is 0 Å². The number of esters is 2. The number of hydrogen-bond acceptors (Lipinski definition) is 11. The Kier molecular flexibility index (Phi) is 9.83. The Morgan fingerprint density at radius 1 is 1.02 bits per heavy atom. The quantitative estimate of drug-likeness (QED) is 0.240. The van der Waals surface area contributed by atoms with Gasteiger partial charge in [0.1, 0.15) is 41.2 Å². The first-order chi connectivity index (χ1) is 26.4. The summed E-state index contributed by atoms with van der Waals surface area (Å²) in [5.74, 6) is -2.27. The Hall–Kier alpha value is -4.59. The van der Waals surface area contributed by atoms with E-state index in [-0.39, 0.29) is 31.6 Å². The SMILES string of the molecule is CC(C)(C)OC(=O)CC[C@@H](CO)NC(=O)[C@@]12C[C@H]3OC(=O)[C@@H]1N(Cc1cccc(C=CCc4ccccc4O)c1)O[C@@H]2[C@H]1OC2(Cc4ccccc4C2)O[C@H]13. The molecule has 0 radical (unpaired) electrons. The van der Waals surface area contributed by atoms with Crippen molar-refractivity contribution in [2.75, 3.05) is 6.61 Å². The van der Waals surface area contributed by atoms with E-state index in [0.717, 1.165) is 27.8 Å². The monoisotopic (exact) mass is 752 g/mol. The number of nitrogens with one attached hydrogen (secondary N) is 1. The molecule has 3 N–H and O–H groups in total. The maximum absolute atomic E-state index is 14.8. The topological polar surface area (TPSA) is 153 Å². The predicted molar refractivity (Wildman–Crippen MR) is 199 cm³/mol. The largest absolute Gasteiger partial charge is 0.508 e. The van der Waals surface area contributed by atoms with E-state index >= 15 is 0 Å². The highest BCUT2D eigenvalue weighted by Crippen LogP contribution is 2.58. The Morgan fingerprint density at radius 2 is 1.75 bits per heavy atom. The van der Waals surface area contributed by atoms with Gasteiger partial charge in [-0.2, -0.15) is 5.06 Å². The molecule has 5 aliphatic rings. The van der Waals surface area contributed by atoms with E-state index in [9.17, 15) is 24.6 Å². The number of hydrogen-bond donors (Lipinski definition) is 3. The third kappa shape index (κ3) is 7.18. The minimum Gasteiger partial charge on any atom is -0.508 e. The molecule has 1 spiro atoms. The van der Waals surface area contributed by atoms with E-state index in [2.05, 4.69) is 17.4 Å². The second-order valence-corrected chi connectivity index (χ2v) is 16.4. The number of nitrogens with zero attached hydrogens (tertiary/aromatic N) is 1. The fraction of sp³-hybridized carbons (Fsp3) is 0.465. The summed E-state index contributed by atoms with van der Waals surface area (Å²) < 4.78 is 25.1. The van der Waals surface area contributed by atoms with Crippen molar-refractivity contribution in [3.63, 3.8) is 0 Å². The predicted octanol–water partition coefficient (Wildman–Crippen LogP) is 4.33. The van der Waals surface area contributed by atoms with E-state index in [1.54, 1.807) is 38.0 Å². The molecule has 3 saturated heterocycles. The lowest BCUT2D eigenvalue weighted by Gasteiger charge is -2.49. The van der Waals surface area contributed by atoms with Crippen molar-refractivity contribution in [2.45, 2.75) is 114 Å². The number of ether oxygens (including phenoxy) is 4. The number of aromatic hydroxyl groups is 1. The number of carbonyl (C=O) groups excluding carboxylic acids is 3. The molecule has 3 aromatic rings. The van der Waals surface area contributed by atoms with Crippen LogP contribution in [0.2, 0.25) is 0 Å². The summed E-state index contributed by atoms with van der Waals surface area (Å²) >= 11 is 0. The molecular weight excluding hydrogens is 704 g/mol. The van der Waals surface area contributed by atoms with Gasteiger partial charge in [-0.15, -0.1) is 0 Å². The average Bonchev–Trinajstić information content (AvgIpc) is 3.81. The summed E-state index contributed by atoms with van der Waals surface area (Å²) in [5, 5.41) is 25.1. The number of aliphatic hydroxyl groups excluding tert-OH is 1. The molecule has 2 aliphatic carbocycles. The second-order valence-electron chi connectivity index (χ2n) is 16.4. The molecule has 0 unspecified atom stereocenters. The van der Waals surface area contributed by atoms with Gasteiger partial charge in [-0.05, 0) is 67.5 Å². The molecule has 3 heterocycles. The van der Waals surface area contributed by atoms with E-state index in [1.807, 2.05) is 60.7 Å². The number of rotatable bonds is 11. The lowest BCUT2D eigenvalue weighted by molar-refractivity contribution is -0.217. The average molecular weight is 753 g/mol. The van der Waals surface area contributed by atoms with Crippen LogP contribution in [-0.2, 0) is 64.0 Å². The molecule has 55 heavy (non-hydrogen) atoms. The van der Waals surface area contributed by atoms with Crippen molar-refractivity contribution in [1.82, 2.24) is 10.4 Å². The molecule has 1 amide bonds. The van der Waals surface area contributed by atoms with Crippen LogP contribution in [0.1, 0.15) is 67.9 Å². The molecule has 8 rings (SSSR count). The summed E-state index contributed by atoms with van der Waals surface area (Å²) in [7, 11) is 0. The van der Waals surface area contributed by atoms with Crippen LogP contribution in [0.5, 0.6) is 5.75 Å². The fourth-order valence-electron chi connectivity index (χ4n) is 8.95. The first kappa shape index (κ1) is 37.3. The van der Waals surface area contributed by atoms with Crippen molar-refractivity contribution in [3.05, 3.63) is 107 Å². The molecule has 0 aromatic heterocycles. The normalized spacial score (nSPS) is 28.1. The minimum atomic E-state index is -1.45. The third-order valence-electron chi connectivity index (χ3n) is 11.3. The van der Waals surface area contributed by atoms with Crippen molar-refractivity contribution >= 4 is 23.9 Å². The standard InChI is InChI=1S/C43H48N2O10/c1-41(2,3)52-34(48)19-18-31(25-46)44-40(50)43-23-33-35-36(54-42(53-35)21-29-14-4-5-15-30(29)22-42)38(43)55-45(37(43)39(49)51-33)24-27-12-8-10-26(20-27)11-9-16-28-13-6-7-17-32(28)47/h4-15,17,20,31,33,35-38,46-47H,16,18-19,21-25H2,1-3H3,(H,44,50)/t31-,33+,35-,36-,37-,38+,43-/m0/s1. The number of phenols is 1. The van der Waals surface area contributed by atoms with Crippen LogP contribution in [0.4, 0.5) is 0 Å². The van der Waals surface area contributed by atoms with Crippen LogP contribution in [0, 0.1) is 5.41 Å². The molecule has 4 fully saturated rings. The van der Waals surface area contributed by atoms with Gasteiger partial charge >= 0.3 is 11.9 Å². The number of para-hydroxylation sites is 1. The van der Waals surface area contributed by atoms with Crippen LogP contribution < -0.4 is 5.32 Å². The molecular formula is C43H48N2O10. The smallest absolute Gasteiger partial charge is 0.327 e. The number of allylic oxidation sites excluding steroid dienone is 1. The highest BCUT2D eigenvalue weighted by atomic mass is 16.8. The maximum atomic E-state index is 14.8. The molecule has 2 bridgehead atoms. The van der Waals surface area contributed by atoms with Crippen molar-refractivity contribution in [1.29, 1.82) is 0 Å². The van der Waals surface area contributed by atoms with E-state index in [0.29, 0.717) is 19.3 Å². The molecule has 1 saturated carbocycles. The van der Waals surface area contributed by atoms with Crippen molar-refractivity contribution in [3.8, 4) is 5.75 Å². The molecule has 7 atom stereocenters. The second kappa shape index (κ2) is 14.5. The zero-order valence-electron chi connectivity index (χ0n) is 31.3. The third-order valence-corrected chi connectivity index (χ3v) is 11.3. The number of hydroxylamine groups is 2. The molecule has 3 aromatic carbocycles. The number of fused-ring (bicyclic) bond motifs is 5. The molecule has 290 valence electrons. The van der Waals surface area contributed by atoms with Gasteiger partial charge in [0.05, 0.1) is 19.2 Å². The number of amides is 1. The van der Waals surface area contributed by atoms with Crippen molar-refractivity contribution < 1.29 is 48.4 Å². The Bertz CT molecular complexity index is 1970. The van der Waals surface area contributed by atoms with Gasteiger partial charge in [-0.1, -0.05) is 78.9 Å². The van der Waals surface area contributed by atoms with Gasteiger partial charge in [0, 0.05) is 25.7 Å². The van der Waals surface area contributed by atoms with Crippen LogP contribution in [0.15, 0.2) is 78.9 Å². The number of benzene rings is 3. The highest BCUT2D eigenvalue weighted by Gasteiger charge is 2.76. The van der Waals surface area contributed by atoms with E-state index < -0.39 is 77.8 Å². The van der Waals surface area contributed by atoms with Gasteiger partial charge in [-0.25, -0.2) is 0 Å². The molecule has 12 nitrogen and oxygen atoms in total. The van der Waals surface area contributed by atoms with Crippen LogP contribution in [-0.4, -0.2) is 87.6 Å². The van der Waals surface area contributed by atoms with Crippen LogP contribution >= 0.6 is 0 Å². The molecule has 3 aliphatic heterocycles. The van der Waals surface area contributed by atoms with Gasteiger partial charge < -0.3 is 34.5 Å². The summed E-state index contributed by atoms with van der Waals surface area (Å²) in [6, 6.07) is 21.2. The highest BCUT2D eigenvalue weighted by molar-refractivity contribution is 5.94. The number of carbonyl (C=O) groups is 3. The van der Waals surface area contributed by atoms with Crippen LogP contribution in [0.25, 0.3) is 6.08 Å². The lowest BCUT2D eigenvalue weighted by Crippen LogP contribution is -2.70. The summed E-state index contributed by atoms with van der Waals surface area (Å²) in [6.45, 7) is 5.07. The number of aliphatic hydroxyl groups is 1.